The number of rotatable bonds is 4. The maximum absolute atomic E-state index is 13.1. The second-order valence-electron chi connectivity index (χ2n) is 7.84. The quantitative estimate of drug-likeness (QED) is 0.816. The number of fused-ring (bicyclic) bond motifs is 1. The van der Waals surface area contributed by atoms with Crippen molar-refractivity contribution in [3.8, 4) is 0 Å². The molecule has 1 aromatic heterocycles. The first-order chi connectivity index (χ1) is 13.7. The maximum atomic E-state index is 13.1. The number of aryl methyl sites for hydroxylation is 1. The van der Waals surface area contributed by atoms with E-state index in [4.69, 9.17) is 0 Å². The third-order valence-electron chi connectivity index (χ3n) is 6.07. The van der Waals surface area contributed by atoms with Crippen LogP contribution in [0.25, 0.3) is 10.9 Å². The zero-order valence-corrected chi connectivity index (χ0v) is 16.8. The highest BCUT2D eigenvalue weighted by Crippen LogP contribution is 2.21. The molecule has 6 heteroatoms. The highest BCUT2D eigenvalue weighted by atomic mass is 16.2. The van der Waals surface area contributed by atoms with Crippen molar-refractivity contribution >= 4 is 22.7 Å². The van der Waals surface area contributed by atoms with Crippen molar-refractivity contribution in [2.45, 2.75) is 32.7 Å². The van der Waals surface area contributed by atoms with E-state index in [9.17, 15) is 9.59 Å². The highest BCUT2D eigenvalue weighted by Gasteiger charge is 2.27. The molecule has 0 aliphatic carbocycles. The first kappa shape index (κ1) is 19.0. The lowest BCUT2D eigenvalue weighted by Crippen LogP contribution is -2.52. The predicted molar refractivity (Wildman–Crippen MR) is 110 cm³/mol. The van der Waals surface area contributed by atoms with Gasteiger partial charge >= 0.3 is 0 Å². The van der Waals surface area contributed by atoms with Crippen LogP contribution in [0.1, 0.15) is 36.7 Å². The van der Waals surface area contributed by atoms with Crippen molar-refractivity contribution in [1.29, 1.82) is 0 Å². The van der Waals surface area contributed by atoms with Gasteiger partial charge in [-0.15, -0.1) is 0 Å². The Kier molecular flexibility index (Phi) is 5.67. The van der Waals surface area contributed by atoms with Crippen molar-refractivity contribution in [2.75, 3.05) is 45.8 Å². The molecule has 2 aliphatic heterocycles. The molecule has 3 heterocycles. The summed E-state index contributed by atoms with van der Waals surface area (Å²) in [5.74, 6) is 0.339. The molecule has 2 saturated heterocycles. The fourth-order valence-corrected chi connectivity index (χ4v) is 4.43. The van der Waals surface area contributed by atoms with Gasteiger partial charge in [-0.1, -0.05) is 18.2 Å². The molecule has 0 bridgehead atoms. The second kappa shape index (κ2) is 8.35. The van der Waals surface area contributed by atoms with Crippen LogP contribution in [-0.2, 0) is 11.3 Å². The molecule has 4 rings (SSSR count). The van der Waals surface area contributed by atoms with Crippen LogP contribution >= 0.6 is 0 Å². The third-order valence-corrected chi connectivity index (χ3v) is 6.07. The Labute approximate surface area is 166 Å². The number of para-hydroxylation sites is 1. The summed E-state index contributed by atoms with van der Waals surface area (Å²) >= 11 is 0. The third kappa shape index (κ3) is 3.78. The first-order valence-corrected chi connectivity index (χ1v) is 10.5. The predicted octanol–water partition coefficient (Wildman–Crippen LogP) is 2.43. The number of carbonyl (C=O) groups excluding carboxylic acids is 2. The summed E-state index contributed by atoms with van der Waals surface area (Å²) in [6.45, 7) is 8.02. The summed E-state index contributed by atoms with van der Waals surface area (Å²) in [6.07, 6.45) is 3.48. The average molecular weight is 383 g/mol. The Morgan fingerprint density at radius 1 is 0.893 bits per heavy atom. The SMILES string of the molecule is CCn1c(C(=O)N2CCN(CC(=O)N3CCCCC3)CC2)cc2ccccc21. The van der Waals surface area contributed by atoms with Crippen LogP contribution < -0.4 is 0 Å². The molecule has 6 nitrogen and oxygen atoms in total. The number of hydrogen-bond acceptors (Lipinski definition) is 3. The van der Waals surface area contributed by atoms with Gasteiger partial charge in [0.2, 0.25) is 5.91 Å². The van der Waals surface area contributed by atoms with Gasteiger partial charge in [-0.3, -0.25) is 14.5 Å². The summed E-state index contributed by atoms with van der Waals surface area (Å²) in [4.78, 5) is 31.7. The number of hydrogen-bond donors (Lipinski definition) is 0. The van der Waals surface area contributed by atoms with Crippen LogP contribution in [0.4, 0.5) is 0 Å². The van der Waals surface area contributed by atoms with Crippen LogP contribution in [0.3, 0.4) is 0 Å². The molecule has 0 N–H and O–H groups in total. The fourth-order valence-electron chi connectivity index (χ4n) is 4.43. The average Bonchev–Trinajstić information content (AvgIpc) is 3.13. The van der Waals surface area contributed by atoms with Gasteiger partial charge < -0.3 is 14.4 Å². The van der Waals surface area contributed by atoms with Crippen molar-refractivity contribution in [2.24, 2.45) is 0 Å². The van der Waals surface area contributed by atoms with Gasteiger partial charge in [-0.2, -0.15) is 0 Å². The molecule has 2 amide bonds. The van der Waals surface area contributed by atoms with Crippen LogP contribution in [0.15, 0.2) is 30.3 Å². The largest absolute Gasteiger partial charge is 0.342 e. The molecule has 0 unspecified atom stereocenters. The highest BCUT2D eigenvalue weighted by molar-refractivity contribution is 5.98. The molecule has 2 fully saturated rings. The Morgan fingerprint density at radius 3 is 2.32 bits per heavy atom. The smallest absolute Gasteiger partial charge is 0.270 e. The Morgan fingerprint density at radius 2 is 1.61 bits per heavy atom. The van der Waals surface area contributed by atoms with Gasteiger partial charge in [-0.05, 0) is 38.3 Å². The van der Waals surface area contributed by atoms with E-state index in [0.29, 0.717) is 19.6 Å². The van der Waals surface area contributed by atoms with Gasteiger partial charge in [0.05, 0.1) is 6.54 Å². The van der Waals surface area contributed by atoms with E-state index in [1.807, 2.05) is 28.0 Å². The van der Waals surface area contributed by atoms with E-state index in [2.05, 4.69) is 28.5 Å². The van der Waals surface area contributed by atoms with Crippen molar-refractivity contribution < 1.29 is 9.59 Å². The molecule has 2 aromatic rings. The zero-order valence-electron chi connectivity index (χ0n) is 16.8. The summed E-state index contributed by atoms with van der Waals surface area (Å²) in [5.41, 5.74) is 1.88. The Balaban J connectivity index is 1.37. The summed E-state index contributed by atoms with van der Waals surface area (Å²) < 4.78 is 2.10. The number of benzene rings is 1. The Bertz CT molecular complexity index is 845. The minimum absolute atomic E-state index is 0.0973. The topological polar surface area (TPSA) is 48.8 Å². The van der Waals surface area contributed by atoms with Gasteiger partial charge in [0.15, 0.2) is 0 Å². The van der Waals surface area contributed by atoms with Crippen molar-refractivity contribution in [3.05, 3.63) is 36.0 Å². The summed E-state index contributed by atoms with van der Waals surface area (Å²) in [6, 6.07) is 10.2. The summed E-state index contributed by atoms with van der Waals surface area (Å²) in [5, 5.41) is 1.11. The molecule has 28 heavy (non-hydrogen) atoms. The van der Waals surface area contributed by atoms with Crippen LogP contribution in [0.2, 0.25) is 0 Å². The first-order valence-electron chi connectivity index (χ1n) is 10.5. The minimum atomic E-state index is 0.0973. The van der Waals surface area contributed by atoms with Crippen molar-refractivity contribution in [3.63, 3.8) is 0 Å². The van der Waals surface area contributed by atoms with Crippen molar-refractivity contribution in [1.82, 2.24) is 19.3 Å². The van der Waals surface area contributed by atoms with E-state index < -0.39 is 0 Å². The molecular formula is C22H30N4O2. The standard InChI is InChI=1S/C22H30N4O2/c1-2-26-19-9-5-4-8-18(19)16-20(26)22(28)25-14-12-23(13-15-25)17-21(27)24-10-6-3-7-11-24/h4-5,8-9,16H,2-3,6-7,10-15,17H2,1H3. The molecule has 1 aromatic carbocycles. The second-order valence-corrected chi connectivity index (χ2v) is 7.84. The lowest BCUT2D eigenvalue weighted by molar-refractivity contribution is -0.133. The minimum Gasteiger partial charge on any atom is -0.342 e. The van der Waals surface area contributed by atoms with Gasteiger partial charge in [0.1, 0.15) is 5.69 Å². The van der Waals surface area contributed by atoms with Crippen LogP contribution in [0, 0.1) is 0 Å². The number of piperidine rings is 1. The number of carbonyl (C=O) groups is 2. The molecule has 0 atom stereocenters. The normalized spacial score (nSPS) is 18.6. The lowest BCUT2D eigenvalue weighted by Gasteiger charge is -2.36. The number of nitrogens with zero attached hydrogens (tertiary/aromatic N) is 4. The van der Waals surface area contributed by atoms with Crippen LogP contribution in [-0.4, -0.2) is 76.9 Å². The van der Waals surface area contributed by atoms with Crippen LogP contribution in [0.5, 0.6) is 0 Å². The van der Waals surface area contributed by atoms with Gasteiger partial charge in [0, 0.05) is 56.7 Å². The molecule has 0 saturated carbocycles. The summed E-state index contributed by atoms with van der Waals surface area (Å²) in [7, 11) is 0. The molecule has 150 valence electrons. The van der Waals surface area contributed by atoms with E-state index in [1.54, 1.807) is 0 Å². The molecule has 2 aliphatic rings. The zero-order chi connectivity index (χ0) is 19.5. The molecular weight excluding hydrogens is 352 g/mol. The monoisotopic (exact) mass is 382 g/mol. The number of aromatic nitrogens is 1. The maximum Gasteiger partial charge on any atom is 0.270 e. The van der Waals surface area contributed by atoms with E-state index in [1.165, 1.54) is 6.42 Å². The van der Waals surface area contributed by atoms with E-state index in [0.717, 1.165) is 62.2 Å². The van der Waals surface area contributed by atoms with Gasteiger partial charge in [-0.25, -0.2) is 0 Å². The number of amides is 2. The van der Waals surface area contributed by atoms with E-state index in [-0.39, 0.29) is 11.8 Å². The molecule has 0 radical (unpaired) electrons. The lowest BCUT2D eigenvalue weighted by atomic mass is 10.1. The number of piperazine rings is 1. The van der Waals surface area contributed by atoms with Gasteiger partial charge in [0.25, 0.3) is 5.91 Å². The van der Waals surface area contributed by atoms with E-state index >= 15 is 0 Å². The Hall–Kier alpha value is -2.34. The number of likely N-dealkylation sites (tertiary alicyclic amines) is 1. The fraction of sp³-hybridized carbons (Fsp3) is 0.545. The molecule has 0 spiro atoms.